The molecule has 1 aliphatic heterocycles. The first kappa shape index (κ1) is 34.7. The molecule has 2 atom stereocenters. The second-order valence-electron chi connectivity index (χ2n) is 12.0. The van der Waals surface area contributed by atoms with Crippen LogP contribution in [-0.2, 0) is 31.5 Å². The number of aromatic amines is 1. The van der Waals surface area contributed by atoms with E-state index in [9.17, 15) is 24.0 Å². The van der Waals surface area contributed by atoms with Crippen LogP contribution >= 0.6 is 0 Å². The van der Waals surface area contributed by atoms with Gasteiger partial charge in [0.1, 0.15) is 17.9 Å². The molecule has 14 heteroatoms. The predicted octanol–water partition coefficient (Wildman–Crippen LogP) is 2.52. The Labute approximate surface area is 265 Å². The summed E-state index contributed by atoms with van der Waals surface area (Å²) in [5, 5.41) is 7.36. The third kappa shape index (κ3) is 8.74. The van der Waals surface area contributed by atoms with Crippen LogP contribution in [0.3, 0.4) is 0 Å². The average Bonchev–Trinajstić information content (AvgIpc) is 3.04. The maximum Gasteiger partial charge on any atom is 0.351 e. The van der Waals surface area contributed by atoms with E-state index in [0.717, 1.165) is 43.7 Å². The van der Waals surface area contributed by atoms with Gasteiger partial charge < -0.3 is 30.7 Å². The number of carbonyl (C=O) groups is 4. The van der Waals surface area contributed by atoms with Crippen molar-refractivity contribution in [1.29, 1.82) is 0 Å². The average molecular weight is 647 g/mol. The van der Waals surface area contributed by atoms with Crippen molar-refractivity contribution in [2.45, 2.75) is 69.9 Å². The number of amides is 4. The Morgan fingerprint density at radius 2 is 1.70 bits per heavy atom. The molecule has 1 saturated heterocycles. The molecule has 0 radical (unpaired) electrons. The lowest BCUT2D eigenvalue weighted by molar-refractivity contribution is -0.149. The summed E-state index contributed by atoms with van der Waals surface area (Å²) >= 11 is 0. The van der Waals surface area contributed by atoms with Gasteiger partial charge in [-0.2, -0.15) is 8.78 Å². The monoisotopic (exact) mass is 646 g/mol. The molecular weight excluding hydrogens is 605 g/mol. The van der Waals surface area contributed by atoms with Gasteiger partial charge in [-0.05, 0) is 49.6 Å². The molecule has 1 aromatic carbocycles. The van der Waals surface area contributed by atoms with Crippen LogP contribution in [-0.4, -0.2) is 83.7 Å². The normalized spacial score (nSPS) is 17.5. The molecule has 1 aliphatic carbocycles. The number of alkyl halides is 2. The number of aromatic nitrogens is 1. The summed E-state index contributed by atoms with van der Waals surface area (Å²) in [6.07, 6.45) is 4.33. The van der Waals surface area contributed by atoms with Crippen molar-refractivity contribution < 1.29 is 32.3 Å². The minimum Gasteiger partial charge on any atom is -0.344 e. The van der Waals surface area contributed by atoms with Crippen LogP contribution in [0.5, 0.6) is 0 Å². The van der Waals surface area contributed by atoms with Gasteiger partial charge in [0.05, 0.1) is 5.69 Å². The van der Waals surface area contributed by atoms with Crippen molar-refractivity contribution >= 4 is 29.3 Å². The van der Waals surface area contributed by atoms with Crippen LogP contribution in [0.2, 0.25) is 0 Å². The second-order valence-corrected chi connectivity index (χ2v) is 12.0. The number of hydrogen-bond donors (Lipinski definition) is 4. The zero-order valence-electron chi connectivity index (χ0n) is 26.0. The lowest BCUT2D eigenvalue weighted by atomic mass is 9.83. The van der Waals surface area contributed by atoms with Crippen molar-refractivity contribution in [1.82, 2.24) is 25.4 Å². The molecule has 11 nitrogen and oxygen atoms in total. The predicted molar refractivity (Wildman–Crippen MR) is 164 cm³/mol. The Balaban J connectivity index is 1.49. The van der Waals surface area contributed by atoms with Crippen molar-refractivity contribution in [2.75, 3.05) is 38.5 Å². The molecule has 0 spiro atoms. The summed E-state index contributed by atoms with van der Waals surface area (Å²) in [6, 6.07) is 3.39. The van der Waals surface area contributed by atoms with Gasteiger partial charge in [0.2, 0.25) is 23.3 Å². The SMILES string of the molecule is CCC(=O)NC(Cc1ccc(NC(=O)C(NC(=O)C(F)(F)c2ccc(=O)[nH]c2)C2CCCCC2)c(F)c1)C(=O)N1CCN(C)CC1. The fourth-order valence-corrected chi connectivity index (χ4v) is 5.81. The Morgan fingerprint density at radius 1 is 1.00 bits per heavy atom. The van der Waals surface area contributed by atoms with Crippen molar-refractivity contribution in [2.24, 2.45) is 5.92 Å². The number of H-pyrrole nitrogens is 1. The number of anilines is 1. The Bertz CT molecular complexity index is 1450. The number of pyridine rings is 1. The minimum atomic E-state index is -4.05. The van der Waals surface area contributed by atoms with Crippen LogP contribution in [0.25, 0.3) is 0 Å². The maximum atomic E-state index is 15.4. The van der Waals surface area contributed by atoms with Gasteiger partial charge in [-0.1, -0.05) is 32.3 Å². The van der Waals surface area contributed by atoms with Crippen LogP contribution in [0, 0.1) is 11.7 Å². The molecule has 0 bridgehead atoms. The highest BCUT2D eigenvalue weighted by molar-refractivity contribution is 5.98. The number of rotatable bonds is 11. The number of piperazine rings is 1. The summed E-state index contributed by atoms with van der Waals surface area (Å²) < 4.78 is 45.4. The van der Waals surface area contributed by atoms with Gasteiger partial charge >= 0.3 is 5.92 Å². The van der Waals surface area contributed by atoms with E-state index in [1.165, 1.54) is 12.1 Å². The third-order valence-corrected chi connectivity index (χ3v) is 8.62. The van der Waals surface area contributed by atoms with E-state index in [4.69, 9.17) is 0 Å². The number of benzene rings is 1. The summed E-state index contributed by atoms with van der Waals surface area (Å²) in [7, 11) is 1.95. The quantitative estimate of drug-likeness (QED) is 0.296. The zero-order chi connectivity index (χ0) is 33.4. The third-order valence-electron chi connectivity index (χ3n) is 8.62. The number of nitrogens with one attached hydrogen (secondary N) is 4. The van der Waals surface area contributed by atoms with Gasteiger partial charge in [-0.15, -0.1) is 0 Å². The van der Waals surface area contributed by atoms with Crippen molar-refractivity contribution in [3.8, 4) is 0 Å². The van der Waals surface area contributed by atoms with Crippen molar-refractivity contribution in [3.05, 3.63) is 63.8 Å². The second kappa shape index (κ2) is 15.4. The van der Waals surface area contributed by atoms with E-state index in [0.29, 0.717) is 44.6 Å². The van der Waals surface area contributed by atoms with Gasteiger partial charge in [0.25, 0.3) is 5.91 Å². The number of halogens is 3. The highest BCUT2D eigenvalue weighted by Crippen LogP contribution is 2.31. The molecule has 1 aromatic heterocycles. The van der Waals surface area contributed by atoms with E-state index in [1.807, 2.05) is 7.05 Å². The zero-order valence-corrected chi connectivity index (χ0v) is 26.0. The highest BCUT2D eigenvalue weighted by atomic mass is 19.3. The molecule has 2 fully saturated rings. The first-order chi connectivity index (χ1) is 21.9. The fraction of sp³-hybridized carbons (Fsp3) is 0.531. The Hall–Kier alpha value is -4.20. The van der Waals surface area contributed by atoms with Gasteiger partial charge in [-0.25, -0.2) is 4.39 Å². The number of likely N-dealkylation sites (N-methyl/N-ethyl adjacent to an activating group) is 1. The van der Waals surface area contributed by atoms with Crippen LogP contribution in [0.15, 0.2) is 41.3 Å². The molecule has 46 heavy (non-hydrogen) atoms. The van der Waals surface area contributed by atoms with E-state index in [-0.39, 0.29) is 30.3 Å². The summed E-state index contributed by atoms with van der Waals surface area (Å²) in [4.78, 5) is 68.9. The smallest absolute Gasteiger partial charge is 0.344 e. The first-order valence-corrected chi connectivity index (χ1v) is 15.6. The summed E-state index contributed by atoms with van der Waals surface area (Å²) in [5.41, 5.74) is -1.18. The lowest BCUT2D eigenvalue weighted by Gasteiger charge is -2.34. The number of carbonyl (C=O) groups excluding carboxylic acids is 4. The van der Waals surface area contributed by atoms with E-state index >= 15 is 13.2 Å². The first-order valence-electron chi connectivity index (χ1n) is 15.6. The fourth-order valence-electron chi connectivity index (χ4n) is 5.81. The molecule has 1 saturated carbocycles. The van der Waals surface area contributed by atoms with Crippen molar-refractivity contribution in [3.63, 3.8) is 0 Å². The van der Waals surface area contributed by atoms with Gasteiger partial charge in [-0.3, -0.25) is 24.0 Å². The lowest BCUT2D eigenvalue weighted by Crippen LogP contribution is -2.54. The van der Waals surface area contributed by atoms with E-state index in [2.05, 4.69) is 25.8 Å². The molecule has 250 valence electrons. The molecule has 4 N–H and O–H groups in total. The molecule has 2 unspecified atom stereocenters. The summed E-state index contributed by atoms with van der Waals surface area (Å²) in [6.45, 7) is 4.05. The number of nitrogens with zero attached hydrogens (tertiary/aromatic N) is 2. The standard InChI is InChI=1S/C32H41F3N6O5/c1-3-26(42)37-25(30(45)41-15-13-40(2)14-16-41)18-20-9-11-24(23(33)17-20)38-29(44)28(21-7-5-4-6-8-21)39-31(46)32(34,35)22-10-12-27(43)36-19-22/h9-12,17,19,21,25,28H,3-8,13-16,18H2,1-2H3,(H,36,43)(H,37,42)(H,38,44)(H,39,46). The van der Waals surface area contributed by atoms with E-state index < -0.39 is 52.7 Å². The topological polar surface area (TPSA) is 144 Å². The molecule has 4 amide bonds. The molecule has 2 aromatic rings. The number of hydrogen-bond acceptors (Lipinski definition) is 6. The van der Waals surface area contributed by atoms with Crippen LogP contribution in [0.1, 0.15) is 56.6 Å². The Kier molecular flexibility index (Phi) is 11.6. The highest BCUT2D eigenvalue weighted by Gasteiger charge is 2.44. The maximum absolute atomic E-state index is 15.4. The van der Waals surface area contributed by atoms with Crippen LogP contribution in [0.4, 0.5) is 18.9 Å². The molecule has 4 rings (SSSR count). The summed E-state index contributed by atoms with van der Waals surface area (Å²) in [5.74, 6) is -8.47. The van der Waals surface area contributed by atoms with Gasteiger partial charge in [0, 0.05) is 56.8 Å². The Morgan fingerprint density at radius 3 is 2.30 bits per heavy atom. The largest absolute Gasteiger partial charge is 0.351 e. The molecular formula is C32H41F3N6O5. The minimum absolute atomic E-state index is 0.0165. The van der Waals surface area contributed by atoms with Gasteiger partial charge in [0.15, 0.2) is 0 Å². The van der Waals surface area contributed by atoms with Crippen LogP contribution < -0.4 is 21.5 Å². The molecule has 2 heterocycles. The van der Waals surface area contributed by atoms with E-state index in [1.54, 1.807) is 11.8 Å². The molecule has 2 aliphatic rings.